The van der Waals surface area contributed by atoms with Crippen molar-refractivity contribution in [3.8, 4) is 5.75 Å². The number of hydrogen-bond donors (Lipinski definition) is 0. The van der Waals surface area contributed by atoms with E-state index in [-0.39, 0.29) is 12.1 Å². The van der Waals surface area contributed by atoms with Gasteiger partial charge in [-0.2, -0.15) is 0 Å². The third kappa shape index (κ3) is 3.47. The van der Waals surface area contributed by atoms with Gasteiger partial charge in [-0.1, -0.05) is 0 Å². The van der Waals surface area contributed by atoms with Crippen molar-refractivity contribution in [2.75, 3.05) is 20.3 Å². The maximum atomic E-state index is 11.2. The Balaban J connectivity index is 1.84. The van der Waals surface area contributed by atoms with Crippen molar-refractivity contribution in [3.63, 3.8) is 0 Å². The molecule has 1 heterocycles. The lowest BCUT2D eigenvalue weighted by molar-refractivity contribution is -0.0110. The molecular weight excluding hydrogens is 232 g/mol. The fourth-order valence-electron chi connectivity index (χ4n) is 1.93. The Morgan fingerprint density at radius 3 is 2.72 bits per heavy atom. The molecule has 1 fully saturated rings. The molecule has 1 aliphatic heterocycles. The Morgan fingerprint density at radius 2 is 2.11 bits per heavy atom. The van der Waals surface area contributed by atoms with E-state index in [2.05, 4.69) is 4.74 Å². The Kier molecular flexibility index (Phi) is 4.59. The fourth-order valence-corrected chi connectivity index (χ4v) is 1.93. The van der Waals surface area contributed by atoms with Crippen molar-refractivity contribution in [3.05, 3.63) is 29.8 Å². The predicted octanol–water partition coefficient (Wildman–Crippen LogP) is 2.42. The van der Waals surface area contributed by atoms with Crippen LogP contribution in [0.1, 0.15) is 29.6 Å². The summed E-state index contributed by atoms with van der Waals surface area (Å²) in [5.74, 6) is 0.411. The number of benzene rings is 1. The number of hydrogen-bond acceptors (Lipinski definition) is 4. The van der Waals surface area contributed by atoms with Crippen LogP contribution >= 0.6 is 0 Å². The summed E-state index contributed by atoms with van der Waals surface area (Å²) in [6, 6.07) is 6.94. The molecule has 0 aliphatic carbocycles. The summed E-state index contributed by atoms with van der Waals surface area (Å²) in [5, 5.41) is 0. The SMILES string of the molecule is COC(=O)c1ccc(OC[C@H]2CCCCO2)cc1. The molecule has 0 spiro atoms. The van der Waals surface area contributed by atoms with Crippen molar-refractivity contribution >= 4 is 5.97 Å². The van der Waals surface area contributed by atoms with Gasteiger partial charge >= 0.3 is 5.97 Å². The zero-order valence-electron chi connectivity index (χ0n) is 10.6. The molecule has 4 heteroatoms. The van der Waals surface area contributed by atoms with Gasteiger partial charge in [-0.3, -0.25) is 0 Å². The molecule has 1 aromatic carbocycles. The summed E-state index contributed by atoms with van der Waals surface area (Å²) < 4.78 is 15.8. The van der Waals surface area contributed by atoms with Crippen molar-refractivity contribution in [1.29, 1.82) is 0 Å². The van der Waals surface area contributed by atoms with Gasteiger partial charge < -0.3 is 14.2 Å². The highest BCUT2D eigenvalue weighted by Crippen LogP contribution is 2.16. The zero-order chi connectivity index (χ0) is 12.8. The minimum absolute atomic E-state index is 0.194. The predicted molar refractivity (Wildman–Crippen MR) is 66.9 cm³/mol. The van der Waals surface area contributed by atoms with E-state index in [1.807, 2.05) is 0 Å². The topological polar surface area (TPSA) is 44.8 Å². The second-order valence-electron chi connectivity index (χ2n) is 4.32. The maximum absolute atomic E-state index is 11.2. The summed E-state index contributed by atoms with van der Waals surface area (Å²) in [4.78, 5) is 11.2. The average Bonchev–Trinajstić information content (AvgIpc) is 2.46. The van der Waals surface area contributed by atoms with E-state index in [0.29, 0.717) is 12.2 Å². The molecule has 2 rings (SSSR count). The lowest BCUT2D eigenvalue weighted by Gasteiger charge is -2.22. The summed E-state index contributed by atoms with van der Waals surface area (Å²) in [6.07, 6.45) is 3.60. The smallest absolute Gasteiger partial charge is 0.337 e. The van der Waals surface area contributed by atoms with Crippen LogP contribution in [0.2, 0.25) is 0 Å². The number of carbonyl (C=O) groups excluding carboxylic acids is 1. The van der Waals surface area contributed by atoms with Gasteiger partial charge in [-0.05, 0) is 43.5 Å². The molecule has 0 aromatic heterocycles. The number of esters is 1. The zero-order valence-corrected chi connectivity index (χ0v) is 10.6. The monoisotopic (exact) mass is 250 g/mol. The Labute approximate surface area is 107 Å². The molecular formula is C14H18O4. The molecule has 1 saturated heterocycles. The van der Waals surface area contributed by atoms with Gasteiger partial charge in [0.15, 0.2) is 0 Å². The van der Waals surface area contributed by atoms with E-state index in [1.54, 1.807) is 24.3 Å². The third-order valence-corrected chi connectivity index (χ3v) is 2.99. The minimum Gasteiger partial charge on any atom is -0.491 e. The molecule has 18 heavy (non-hydrogen) atoms. The number of rotatable bonds is 4. The quantitative estimate of drug-likeness (QED) is 0.770. The minimum atomic E-state index is -0.336. The standard InChI is InChI=1S/C14H18O4/c1-16-14(15)11-5-7-12(8-6-11)18-10-13-4-2-3-9-17-13/h5-8,13H,2-4,9-10H2,1H3/t13-/m1/s1. The van der Waals surface area contributed by atoms with Gasteiger partial charge in [-0.15, -0.1) is 0 Å². The fraction of sp³-hybridized carbons (Fsp3) is 0.500. The normalized spacial score (nSPS) is 19.3. The van der Waals surface area contributed by atoms with Crippen LogP contribution in [-0.2, 0) is 9.47 Å². The Hall–Kier alpha value is -1.55. The molecule has 1 aliphatic rings. The Bertz CT molecular complexity index is 379. The highest BCUT2D eigenvalue weighted by atomic mass is 16.5. The van der Waals surface area contributed by atoms with Crippen molar-refractivity contribution in [2.45, 2.75) is 25.4 Å². The second-order valence-corrected chi connectivity index (χ2v) is 4.32. The first kappa shape index (κ1) is 12.9. The summed E-state index contributed by atoms with van der Waals surface area (Å²) in [7, 11) is 1.37. The van der Waals surface area contributed by atoms with E-state index in [1.165, 1.54) is 13.5 Å². The lowest BCUT2D eigenvalue weighted by Crippen LogP contribution is -2.25. The van der Waals surface area contributed by atoms with Gasteiger partial charge in [0.2, 0.25) is 0 Å². The van der Waals surface area contributed by atoms with Gasteiger partial charge in [-0.25, -0.2) is 4.79 Å². The van der Waals surface area contributed by atoms with Crippen molar-refractivity contribution in [2.24, 2.45) is 0 Å². The van der Waals surface area contributed by atoms with E-state index < -0.39 is 0 Å². The van der Waals surface area contributed by atoms with E-state index in [9.17, 15) is 4.79 Å². The lowest BCUT2D eigenvalue weighted by atomic mass is 10.1. The first-order valence-electron chi connectivity index (χ1n) is 6.22. The first-order valence-corrected chi connectivity index (χ1v) is 6.22. The van der Waals surface area contributed by atoms with E-state index >= 15 is 0 Å². The van der Waals surface area contributed by atoms with Gasteiger partial charge in [0.1, 0.15) is 12.4 Å². The summed E-state index contributed by atoms with van der Waals surface area (Å²) in [6.45, 7) is 1.40. The molecule has 4 nitrogen and oxygen atoms in total. The molecule has 1 aromatic rings. The molecule has 0 radical (unpaired) electrons. The maximum Gasteiger partial charge on any atom is 0.337 e. The number of methoxy groups -OCH3 is 1. The number of ether oxygens (including phenoxy) is 3. The van der Waals surface area contributed by atoms with Crippen LogP contribution in [-0.4, -0.2) is 32.4 Å². The van der Waals surface area contributed by atoms with Crippen LogP contribution in [0.15, 0.2) is 24.3 Å². The summed E-state index contributed by atoms with van der Waals surface area (Å²) in [5.41, 5.74) is 0.527. The van der Waals surface area contributed by atoms with Crippen LogP contribution in [0.5, 0.6) is 5.75 Å². The molecule has 98 valence electrons. The largest absolute Gasteiger partial charge is 0.491 e. The van der Waals surface area contributed by atoms with Gasteiger partial charge in [0, 0.05) is 6.61 Å². The third-order valence-electron chi connectivity index (χ3n) is 2.99. The Morgan fingerprint density at radius 1 is 1.33 bits per heavy atom. The second kappa shape index (κ2) is 6.40. The average molecular weight is 250 g/mol. The molecule has 0 saturated carbocycles. The van der Waals surface area contributed by atoms with Gasteiger partial charge in [0.05, 0.1) is 18.8 Å². The molecule has 0 bridgehead atoms. The summed E-state index contributed by atoms with van der Waals surface area (Å²) >= 11 is 0. The van der Waals surface area contributed by atoms with Crippen molar-refractivity contribution < 1.29 is 19.0 Å². The van der Waals surface area contributed by atoms with Crippen molar-refractivity contribution in [1.82, 2.24) is 0 Å². The van der Waals surface area contributed by atoms with Crippen LogP contribution in [0.4, 0.5) is 0 Å². The van der Waals surface area contributed by atoms with Gasteiger partial charge in [0.25, 0.3) is 0 Å². The highest BCUT2D eigenvalue weighted by molar-refractivity contribution is 5.89. The molecule has 0 amide bonds. The first-order chi connectivity index (χ1) is 8.79. The van der Waals surface area contributed by atoms with Crippen LogP contribution in [0.25, 0.3) is 0 Å². The van der Waals surface area contributed by atoms with E-state index in [4.69, 9.17) is 9.47 Å². The van der Waals surface area contributed by atoms with Crippen LogP contribution in [0, 0.1) is 0 Å². The number of carbonyl (C=O) groups is 1. The van der Waals surface area contributed by atoms with Crippen LogP contribution in [0.3, 0.4) is 0 Å². The van der Waals surface area contributed by atoms with Crippen LogP contribution < -0.4 is 4.74 Å². The highest BCUT2D eigenvalue weighted by Gasteiger charge is 2.14. The van der Waals surface area contributed by atoms with E-state index in [0.717, 1.165) is 25.2 Å². The molecule has 0 N–H and O–H groups in total. The molecule has 1 atom stereocenters. The molecule has 0 unspecified atom stereocenters.